The second-order valence-electron chi connectivity index (χ2n) is 5.30. The summed E-state index contributed by atoms with van der Waals surface area (Å²) < 4.78 is 0.845. The first-order valence-corrected chi connectivity index (χ1v) is 11.1. The van der Waals surface area contributed by atoms with Gasteiger partial charge in [0, 0.05) is 5.56 Å². The molecule has 0 radical (unpaired) electrons. The third-order valence-electron chi connectivity index (χ3n) is 3.43. The molecule has 0 bridgehead atoms. The van der Waals surface area contributed by atoms with E-state index in [-0.39, 0.29) is 11.2 Å². The Morgan fingerprint density at radius 1 is 1.15 bits per heavy atom. The summed E-state index contributed by atoms with van der Waals surface area (Å²) in [4.78, 5) is 16.9. The second kappa shape index (κ2) is 9.77. The Labute approximate surface area is 169 Å². The molecule has 3 rings (SSSR count). The van der Waals surface area contributed by atoms with Crippen molar-refractivity contribution < 1.29 is 4.79 Å². The first-order valence-electron chi connectivity index (χ1n) is 8.38. The molecule has 0 spiro atoms. The third kappa shape index (κ3) is 5.47. The SMILES string of the molecule is CCSc1nnc(NC(=O)[C@@H](CC)Sc2ncc(-c3ccccc3)nn2)s1. The maximum Gasteiger partial charge on any atom is 0.239 e. The lowest BCUT2D eigenvalue weighted by Gasteiger charge is -2.11. The molecule has 0 aliphatic rings. The average Bonchev–Trinajstić information content (AvgIpc) is 3.14. The van der Waals surface area contributed by atoms with E-state index in [1.807, 2.05) is 44.2 Å². The molecule has 3 aromatic rings. The molecule has 0 unspecified atom stereocenters. The monoisotopic (exact) mass is 418 g/mol. The van der Waals surface area contributed by atoms with Crippen LogP contribution in [-0.2, 0) is 4.79 Å². The fraction of sp³-hybridized carbons (Fsp3) is 0.294. The van der Waals surface area contributed by atoms with Crippen LogP contribution in [-0.4, -0.2) is 42.3 Å². The Morgan fingerprint density at radius 2 is 1.96 bits per heavy atom. The van der Waals surface area contributed by atoms with Crippen LogP contribution < -0.4 is 5.32 Å². The number of carbonyl (C=O) groups is 1. The smallest absolute Gasteiger partial charge is 0.239 e. The number of amides is 1. The van der Waals surface area contributed by atoms with Gasteiger partial charge in [0.2, 0.25) is 16.2 Å². The number of aromatic nitrogens is 5. The molecular formula is C17H18N6OS3. The van der Waals surface area contributed by atoms with Gasteiger partial charge in [-0.1, -0.05) is 79.0 Å². The molecule has 140 valence electrons. The Balaban J connectivity index is 1.62. The Hall–Kier alpha value is -2.04. The normalized spacial score (nSPS) is 11.9. The highest BCUT2D eigenvalue weighted by Gasteiger charge is 2.21. The van der Waals surface area contributed by atoms with Crippen molar-refractivity contribution in [1.82, 2.24) is 25.4 Å². The molecule has 0 saturated carbocycles. The zero-order chi connectivity index (χ0) is 19.1. The summed E-state index contributed by atoms with van der Waals surface area (Å²) in [5.41, 5.74) is 1.66. The van der Waals surface area contributed by atoms with Crippen molar-refractivity contribution in [2.75, 3.05) is 11.1 Å². The zero-order valence-corrected chi connectivity index (χ0v) is 17.3. The lowest BCUT2D eigenvalue weighted by molar-refractivity contribution is -0.115. The lowest BCUT2D eigenvalue weighted by atomic mass is 10.2. The van der Waals surface area contributed by atoms with E-state index in [2.05, 4.69) is 30.7 Å². The average molecular weight is 419 g/mol. The van der Waals surface area contributed by atoms with Gasteiger partial charge in [-0.3, -0.25) is 10.1 Å². The molecule has 0 fully saturated rings. The van der Waals surface area contributed by atoms with Crippen LogP contribution in [0.1, 0.15) is 20.3 Å². The number of anilines is 1. The van der Waals surface area contributed by atoms with E-state index < -0.39 is 0 Å². The second-order valence-corrected chi connectivity index (χ2v) is 8.96. The van der Waals surface area contributed by atoms with Crippen LogP contribution in [0.5, 0.6) is 0 Å². The molecule has 0 aliphatic heterocycles. The van der Waals surface area contributed by atoms with Gasteiger partial charge in [0.05, 0.1) is 11.4 Å². The Kier molecular flexibility index (Phi) is 7.13. The van der Waals surface area contributed by atoms with Gasteiger partial charge in [0.15, 0.2) is 4.34 Å². The number of benzene rings is 1. The number of nitrogens with zero attached hydrogens (tertiary/aromatic N) is 5. The summed E-state index contributed by atoms with van der Waals surface area (Å²) in [7, 11) is 0. The van der Waals surface area contributed by atoms with E-state index >= 15 is 0 Å². The predicted molar refractivity (Wildman–Crippen MR) is 110 cm³/mol. The molecule has 1 atom stereocenters. The minimum atomic E-state index is -0.333. The van der Waals surface area contributed by atoms with Crippen molar-refractivity contribution in [3.63, 3.8) is 0 Å². The van der Waals surface area contributed by atoms with Crippen molar-refractivity contribution in [2.45, 2.75) is 35.0 Å². The van der Waals surface area contributed by atoms with Crippen LogP contribution in [0.15, 0.2) is 46.0 Å². The first-order chi connectivity index (χ1) is 13.2. The maximum absolute atomic E-state index is 12.5. The summed E-state index contributed by atoms with van der Waals surface area (Å²) in [6.45, 7) is 3.99. The molecule has 2 heterocycles. The molecule has 1 N–H and O–H groups in total. The van der Waals surface area contributed by atoms with Crippen molar-refractivity contribution in [3.05, 3.63) is 36.5 Å². The Morgan fingerprint density at radius 3 is 2.63 bits per heavy atom. The van der Waals surface area contributed by atoms with Crippen LogP contribution in [0.4, 0.5) is 5.13 Å². The van der Waals surface area contributed by atoms with Crippen molar-refractivity contribution in [3.8, 4) is 11.3 Å². The number of hydrogen-bond donors (Lipinski definition) is 1. The van der Waals surface area contributed by atoms with Gasteiger partial charge >= 0.3 is 0 Å². The topological polar surface area (TPSA) is 93.6 Å². The lowest BCUT2D eigenvalue weighted by Crippen LogP contribution is -2.24. The highest BCUT2D eigenvalue weighted by atomic mass is 32.2. The van der Waals surface area contributed by atoms with Gasteiger partial charge < -0.3 is 0 Å². The van der Waals surface area contributed by atoms with Crippen LogP contribution in [0.25, 0.3) is 11.3 Å². The number of thioether (sulfide) groups is 2. The van der Waals surface area contributed by atoms with E-state index in [4.69, 9.17) is 0 Å². The molecule has 7 nitrogen and oxygen atoms in total. The van der Waals surface area contributed by atoms with Crippen molar-refractivity contribution in [2.24, 2.45) is 0 Å². The van der Waals surface area contributed by atoms with Gasteiger partial charge in [-0.25, -0.2) is 4.98 Å². The number of rotatable bonds is 8. The molecule has 10 heteroatoms. The maximum atomic E-state index is 12.5. The first kappa shape index (κ1) is 19.7. The summed E-state index contributed by atoms with van der Waals surface area (Å²) >= 11 is 4.27. The summed E-state index contributed by atoms with van der Waals surface area (Å²) in [6, 6.07) is 9.73. The van der Waals surface area contributed by atoms with E-state index in [0.717, 1.165) is 15.7 Å². The molecular weight excluding hydrogens is 400 g/mol. The minimum Gasteiger partial charge on any atom is -0.300 e. The number of hydrogen-bond acceptors (Lipinski definition) is 9. The van der Waals surface area contributed by atoms with Gasteiger partial charge in [-0.15, -0.1) is 20.4 Å². The zero-order valence-electron chi connectivity index (χ0n) is 14.8. The number of nitrogens with one attached hydrogen (secondary N) is 1. The van der Waals surface area contributed by atoms with Crippen molar-refractivity contribution >= 4 is 45.9 Å². The van der Waals surface area contributed by atoms with Gasteiger partial charge in [-0.2, -0.15) is 0 Å². The molecule has 27 heavy (non-hydrogen) atoms. The van der Waals surface area contributed by atoms with Crippen LogP contribution in [0, 0.1) is 0 Å². The molecule has 0 aliphatic carbocycles. The highest BCUT2D eigenvalue weighted by molar-refractivity contribution is 8.01. The molecule has 0 saturated heterocycles. The van der Waals surface area contributed by atoms with Gasteiger partial charge in [0.1, 0.15) is 5.69 Å². The van der Waals surface area contributed by atoms with E-state index in [1.54, 1.807) is 18.0 Å². The van der Waals surface area contributed by atoms with E-state index in [1.165, 1.54) is 23.1 Å². The van der Waals surface area contributed by atoms with E-state index in [9.17, 15) is 4.79 Å². The summed E-state index contributed by atoms with van der Waals surface area (Å²) in [6.07, 6.45) is 2.31. The fourth-order valence-electron chi connectivity index (χ4n) is 2.14. The quantitative estimate of drug-likeness (QED) is 0.433. The van der Waals surface area contributed by atoms with Crippen LogP contribution in [0.3, 0.4) is 0 Å². The third-order valence-corrected chi connectivity index (χ3v) is 6.51. The Bertz CT molecular complexity index is 872. The minimum absolute atomic E-state index is 0.137. The fourth-order valence-corrected chi connectivity index (χ4v) is 4.58. The standard InChI is InChI=1S/C17H18N6OS3/c1-3-13(14(24)19-16-22-23-17(27-16)25-4-2)26-15-18-10-12(20-21-15)11-8-6-5-7-9-11/h5-10,13H,3-4H2,1-2H3,(H,19,22,24)/t13-/m1/s1. The van der Waals surface area contributed by atoms with Gasteiger partial charge in [-0.05, 0) is 12.2 Å². The van der Waals surface area contributed by atoms with E-state index in [0.29, 0.717) is 22.4 Å². The highest BCUT2D eigenvalue weighted by Crippen LogP contribution is 2.27. The van der Waals surface area contributed by atoms with Crippen LogP contribution >= 0.6 is 34.9 Å². The summed E-state index contributed by atoms with van der Waals surface area (Å²) in [5, 5.41) is 19.9. The molecule has 1 amide bonds. The summed E-state index contributed by atoms with van der Waals surface area (Å²) in [5.74, 6) is 0.779. The molecule has 1 aromatic carbocycles. The van der Waals surface area contributed by atoms with Crippen molar-refractivity contribution in [1.29, 1.82) is 0 Å². The molecule has 2 aromatic heterocycles. The van der Waals surface area contributed by atoms with Gasteiger partial charge in [0.25, 0.3) is 0 Å². The van der Waals surface area contributed by atoms with Crippen LogP contribution in [0.2, 0.25) is 0 Å². The predicted octanol–water partition coefficient (Wildman–Crippen LogP) is 4.01. The largest absolute Gasteiger partial charge is 0.300 e. The number of carbonyl (C=O) groups excluding carboxylic acids is 1.